The van der Waals surface area contributed by atoms with Crippen LogP contribution in [0.1, 0.15) is 43.2 Å². The Labute approximate surface area is 199 Å². The number of benzene rings is 2. The second-order valence-electron chi connectivity index (χ2n) is 10.0. The van der Waals surface area contributed by atoms with Gasteiger partial charge in [0.1, 0.15) is 6.61 Å². The Bertz CT molecular complexity index is 1080. The van der Waals surface area contributed by atoms with Crippen molar-refractivity contribution < 1.29 is 24.2 Å². The third kappa shape index (κ3) is 4.15. The number of hydrogen-bond donors (Lipinski definition) is 2. The molecule has 0 spiro atoms. The lowest BCUT2D eigenvalue weighted by molar-refractivity contribution is -0.139. The van der Waals surface area contributed by atoms with Crippen LogP contribution in [0, 0.1) is 17.3 Å². The number of carbonyl (C=O) groups excluding carboxylic acids is 2. The molecule has 7 nitrogen and oxygen atoms in total. The molecule has 2 aromatic carbocycles. The molecule has 34 heavy (non-hydrogen) atoms. The molecule has 178 valence electrons. The summed E-state index contributed by atoms with van der Waals surface area (Å²) in [7, 11) is 0. The zero-order chi connectivity index (χ0) is 23.9. The van der Waals surface area contributed by atoms with Crippen molar-refractivity contribution in [2.45, 2.75) is 32.1 Å². The summed E-state index contributed by atoms with van der Waals surface area (Å²) in [5, 5.41) is 11.9. The Morgan fingerprint density at radius 2 is 1.65 bits per heavy atom. The molecule has 0 aromatic heterocycles. The number of carboxylic acids is 1. The molecule has 0 bridgehead atoms. The molecule has 3 aliphatic rings. The lowest BCUT2D eigenvalue weighted by Crippen LogP contribution is -2.42. The van der Waals surface area contributed by atoms with Gasteiger partial charge in [-0.3, -0.25) is 9.59 Å². The van der Waals surface area contributed by atoms with E-state index in [-0.39, 0.29) is 43.2 Å². The first kappa shape index (κ1) is 22.4. The van der Waals surface area contributed by atoms with Crippen LogP contribution in [0.3, 0.4) is 0 Å². The van der Waals surface area contributed by atoms with Gasteiger partial charge >= 0.3 is 12.1 Å². The molecule has 2 aromatic rings. The maximum absolute atomic E-state index is 13.1. The highest BCUT2D eigenvalue weighted by molar-refractivity contribution is 5.86. The van der Waals surface area contributed by atoms with Crippen LogP contribution in [-0.4, -0.2) is 54.2 Å². The van der Waals surface area contributed by atoms with Gasteiger partial charge in [0.15, 0.2) is 0 Å². The summed E-state index contributed by atoms with van der Waals surface area (Å²) in [4.78, 5) is 38.6. The van der Waals surface area contributed by atoms with Crippen LogP contribution in [0.15, 0.2) is 48.5 Å². The van der Waals surface area contributed by atoms with Gasteiger partial charge in [0.05, 0.1) is 11.8 Å². The van der Waals surface area contributed by atoms with E-state index in [1.807, 2.05) is 31.2 Å². The molecule has 2 fully saturated rings. The van der Waals surface area contributed by atoms with E-state index in [0.29, 0.717) is 13.1 Å². The average molecular weight is 463 g/mol. The van der Waals surface area contributed by atoms with E-state index in [2.05, 4.69) is 29.6 Å². The molecule has 2 aliphatic carbocycles. The highest BCUT2D eigenvalue weighted by atomic mass is 16.5. The number of aliphatic carboxylic acids is 1. The number of rotatable bonds is 7. The minimum absolute atomic E-state index is 0.00748. The summed E-state index contributed by atoms with van der Waals surface area (Å²) < 4.78 is 5.61. The molecule has 1 aliphatic heterocycles. The van der Waals surface area contributed by atoms with Gasteiger partial charge < -0.3 is 20.1 Å². The molecule has 2 amide bonds. The molecule has 2 unspecified atom stereocenters. The molecule has 1 heterocycles. The van der Waals surface area contributed by atoms with Gasteiger partial charge in [-0.15, -0.1) is 0 Å². The fourth-order valence-corrected chi connectivity index (χ4v) is 5.53. The van der Waals surface area contributed by atoms with E-state index in [1.54, 1.807) is 4.90 Å². The van der Waals surface area contributed by atoms with Crippen LogP contribution >= 0.6 is 0 Å². The normalized spacial score (nSPS) is 22.1. The third-order valence-electron chi connectivity index (χ3n) is 7.71. The van der Waals surface area contributed by atoms with Crippen molar-refractivity contribution in [3.63, 3.8) is 0 Å². The monoisotopic (exact) mass is 462 g/mol. The number of carboxylic acid groups (broad SMARTS) is 1. The number of ether oxygens (including phenoxy) is 1. The second-order valence-corrected chi connectivity index (χ2v) is 10.0. The zero-order valence-corrected chi connectivity index (χ0v) is 19.3. The van der Waals surface area contributed by atoms with Crippen LogP contribution in [0.4, 0.5) is 4.79 Å². The van der Waals surface area contributed by atoms with E-state index < -0.39 is 17.5 Å². The van der Waals surface area contributed by atoms with E-state index in [9.17, 15) is 14.4 Å². The smallest absolute Gasteiger partial charge is 0.407 e. The first-order chi connectivity index (χ1) is 16.4. The van der Waals surface area contributed by atoms with Crippen LogP contribution in [0.25, 0.3) is 11.1 Å². The van der Waals surface area contributed by atoms with Crippen LogP contribution < -0.4 is 5.32 Å². The zero-order valence-electron chi connectivity index (χ0n) is 19.3. The van der Waals surface area contributed by atoms with E-state index in [0.717, 1.165) is 24.0 Å². The van der Waals surface area contributed by atoms with Gasteiger partial charge in [-0.1, -0.05) is 55.5 Å². The van der Waals surface area contributed by atoms with Gasteiger partial charge in [0, 0.05) is 25.6 Å². The van der Waals surface area contributed by atoms with Gasteiger partial charge in [-0.25, -0.2) is 4.79 Å². The van der Waals surface area contributed by atoms with Gasteiger partial charge in [0.2, 0.25) is 5.91 Å². The maximum atomic E-state index is 13.1. The Morgan fingerprint density at radius 1 is 1.03 bits per heavy atom. The first-order valence-corrected chi connectivity index (χ1v) is 12.0. The summed E-state index contributed by atoms with van der Waals surface area (Å²) >= 11 is 0. The predicted octanol–water partition coefficient (Wildman–Crippen LogP) is 3.87. The third-order valence-corrected chi connectivity index (χ3v) is 7.71. The minimum Gasteiger partial charge on any atom is -0.481 e. The summed E-state index contributed by atoms with van der Waals surface area (Å²) in [5.41, 5.74) is 4.09. The first-order valence-electron chi connectivity index (χ1n) is 12.0. The van der Waals surface area contributed by atoms with Gasteiger partial charge in [-0.05, 0) is 46.9 Å². The molecule has 0 radical (unpaired) electrons. The SMILES string of the molecule is CC1CN(C(=O)C2(CNC(=O)OCC3c4ccccc4-c4ccccc43)CC2)CC1CC(=O)O. The topological polar surface area (TPSA) is 95.9 Å². The Kier molecular flexibility index (Phi) is 5.80. The highest BCUT2D eigenvalue weighted by Crippen LogP contribution is 2.48. The number of nitrogens with one attached hydrogen (secondary N) is 1. The molecular weight excluding hydrogens is 432 g/mol. The predicted molar refractivity (Wildman–Crippen MR) is 126 cm³/mol. The number of carbonyl (C=O) groups is 3. The summed E-state index contributed by atoms with van der Waals surface area (Å²) in [6.45, 7) is 3.52. The number of hydrogen-bond acceptors (Lipinski definition) is 4. The van der Waals surface area contributed by atoms with Crippen molar-refractivity contribution in [1.82, 2.24) is 10.2 Å². The van der Waals surface area contributed by atoms with Gasteiger partial charge in [-0.2, -0.15) is 0 Å². The van der Waals surface area contributed by atoms with Crippen molar-refractivity contribution >= 4 is 18.0 Å². The van der Waals surface area contributed by atoms with Crippen molar-refractivity contribution in [2.24, 2.45) is 17.3 Å². The maximum Gasteiger partial charge on any atom is 0.407 e. The van der Waals surface area contributed by atoms with E-state index in [4.69, 9.17) is 9.84 Å². The summed E-state index contributed by atoms with van der Waals surface area (Å²) in [6, 6.07) is 16.4. The fourth-order valence-electron chi connectivity index (χ4n) is 5.53. The molecule has 2 N–H and O–H groups in total. The van der Waals surface area contributed by atoms with E-state index >= 15 is 0 Å². The lowest BCUT2D eigenvalue weighted by Gasteiger charge is -2.23. The number of alkyl carbamates (subject to hydrolysis) is 1. The Balaban J connectivity index is 1.16. The average Bonchev–Trinajstić information content (AvgIpc) is 3.45. The van der Waals surface area contributed by atoms with Crippen molar-refractivity contribution in [3.8, 4) is 11.1 Å². The number of likely N-dealkylation sites (tertiary alicyclic amines) is 1. The second kappa shape index (κ2) is 8.78. The molecule has 5 rings (SSSR count). The quantitative estimate of drug-likeness (QED) is 0.651. The van der Waals surface area contributed by atoms with Crippen LogP contribution in [-0.2, 0) is 14.3 Å². The number of fused-ring (bicyclic) bond motifs is 3. The van der Waals surface area contributed by atoms with Crippen LogP contribution in [0.2, 0.25) is 0 Å². The standard InChI is InChI=1S/C27H30N2O5/c1-17-13-29(14-18(17)12-24(30)31)25(32)27(10-11-27)16-28-26(33)34-15-23-21-8-4-2-6-19(21)20-7-3-5-9-22(20)23/h2-9,17-18,23H,10-16H2,1H3,(H,28,33)(H,30,31). The summed E-state index contributed by atoms with van der Waals surface area (Å²) in [6.07, 6.45) is 1.02. The number of amides is 2. The van der Waals surface area contributed by atoms with Crippen molar-refractivity contribution in [1.29, 1.82) is 0 Å². The largest absolute Gasteiger partial charge is 0.481 e. The molecule has 1 saturated carbocycles. The van der Waals surface area contributed by atoms with Crippen molar-refractivity contribution in [3.05, 3.63) is 59.7 Å². The number of nitrogens with zero attached hydrogens (tertiary/aromatic N) is 1. The molecule has 1 saturated heterocycles. The molecule has 2 atom stereocenters. The molecule has 7 heteroatoms. The lowest BCUT2D eigenvalue weighted by atomic mass is 9.95. The van der Waals surface area contributed by atoms with Gasteiger partial charge in [0.25, 0.3) is 0 Å². The van der Waals surface area contributed by atoms with E-state index in [1.165, 1.54) is 11.1 Å². The highest BCUT2D eigenvalue weighted by Gasteiger charge is 2.53. The fraction of sp³-hybridized carbons (Fsp3) is 0.444. The van der Waals surface area contributed by atoms with Crippen LogP contribution in [0.5, 0.6) is 0 Å². The summed E-state index contributed by atoms with van der Waals surface area (Å²) in [5.74, 6) is -0.680. The Hall–Kier alpha value is -3.35. The van der Waals surface area contributed by atoms with Crippen molar-refractivity contribution in [2.75, 3.05) is 26.2 Å². The minimum atomic E-state index is -0.829. The molecular formula is C27H30N2O5. The Morgan fingerprint density at radius 3 is 2.24 bits per heavy atom.